The van der Waals surface area contributed by atoms with Crippen molar-refractivity contribution in [1.82, 2.24) is 5.32 Å². The van der Waals surface area contributed by atoms with Crippen molar-refractivity contribution >= 4 is 17.5 Å². The molecule has 3 rings (SSSR count). The number of amides is 2. The minimum absolute atomic E-state index is 0.0517. The van der Waals surface area contributed by atoms with Gasteiger partial charge in [0.15, 0.2) is 0 Å². The van der Waals surface area contributed by atoms with Gasteiger partial charge in [-0.15, -0.1) is 0 Å². The van der Waals surface area contributed by atoms with Crippen molar-refractivity contribution in [2.24, 2.45) is 0 Å². The number of carbonyl (C=O) groups excluding carboxylic acids is 2. The molecule has 118 valence electrons. The zero-order valence-electron chi connectivity index (χ0n) is 13.2. The fourth-order valence-corrected chi connectivity index (χ4v) is 3.04. The molecule has 0 unspecified atom stereocenters. The zero-order valence-corrected chi connectivity index (χ0v) is 13.2. The monoisotopic (exact) mass is 308 g/mol. The molecule has 4 nitrogen and oxygen atoms in total. The molecule has 2 aromatic rings. The molecule has 2 amide bonds. The van der Waals surface area contributed by atoms with Crippen LogP contribution in [0.1, 0.15) is 29.3 Å². The smallest absolute Gasteiger partial charge is 0.251 e. The molecule has 23 heavy (non-hydrogen) atoms. The summed E-state index contributed by atoms with van der Waals surface area (Å²) in [5, 5.41) is 2.81. The third kappa shape index (κ3) is 3.26. The summed E-state index contributed by atoms with van der Waals surface area (Å²) < 4.78 is 0. The van der Waals surface area contributed by atoms with Gasteiger partial charge in [0, 0.05) is 30.3 Å². The maximum Gasteiger partial charge on any atom is 0.251 e. The Hall–Kier alpha value is -2.62. The lowest BCUT2D eigenvalue weighted by Gasteiger charge is -2.22. The predicted molar refractivity (Wildman–Crippen MR) is 90.5 cm³/mol. The van der Waals surface area contributed by atoms with Crippen LogP contribution in [0.25, 0.3) is 0 Å². The Morgan fingerprint density at radius 3 is 2.57 bits per heavy atom. The highest BCUT2D eigenvalue weighted by Gasteiger charge is 2.29. The molecule has 0 bridgehead atoms. The summed E-state index contributed by atoms with van der Waals surface area (Å²) >= 11 is 0. The number of hydrogen-bond acceptors (Lipinski definition) is 2. The fourth-order valence-electron chi connectivity index (χ4n) is 3.04. The number of benzene rings is 2. The van der Waals surface area contributed by atoms with Crippen LogP contribution in [-0.2, 0) is 11.2 Å². The Morgan fingerprint density at radius 2 is 1.78 bits per heavy atom. The number of hydrogen-bond donors (Lipinski definition) is 1. The zero-order chi connectivity index (χ0) is 16.2. The summed E-state index contributed by atoms with van der Waals surface area (Å²) in [6.07, 6.45) is 1.19. The standard InChI is InChI=1S/C19H20N2O2/c1-14-13-16-9-5-6-10-17(16)21(14)18(22)11-12-20-19(23)15-7-3-2-4-8-15/h2-10,14H,11-13H2,1H3,(H,20,23)/t14-/m1/s1. The van der Waals surface area contributed by atoms with E-state index in [1.165, 1.54) is 5.56 Å². The lowest BCUT2D eigenvalue weighted by Crippen LogP contribution is -2.38. The number of fused-ring (bicyclic) bond motifs is 1. The van der Waals surface area contributed by atoms with Crippen LogP contribution in [0.5, 0.6) is 0 Å². The van der Waals surface area contributed by atoms with E-state index < -0.39 is 0 Å². The molecule has 0 radical (unpaired) electrons. The molecule has 1 N–H and O–H groups in total. The average Bonchev–Trinajstić information content (AvgIpc) is 2.91. The van der Waals surface area contributed by atoms with Gasteiger partial charge in [-0.2, -0.15) is 0 Å². The molecule has 0 aromatic heterocycles. The first-order valence-corrected chi connectivity index (χ1v) is 7.90. The highest BCUT2D eigenvalue weighted by Crippen LogP contribution is 2.32. The SMILES string of the molecule is C[C@@H]1Cc2ccccc2N1C(=O)CCNC(=O)c1ccccc1. The van der Waals surface area contributed by atoms with E-state index in [1.54, 1.807) is 12.1 Å². The van der Waals surface area contributed by atoms with E-state index in [1.807, 2.05) is 41.3 Å². The van der Waals surface area contributed by atoms with E-state index in [0.717, 1.165) is 12.1 Å². The van der Waals surface area contributed by atoms with Crippen LogP contribution in [0.4, 0.5) is 5.69 Å². The Morgan fingerprint density at radius 1 is 1.09 bits per heavy atom. The van der Waals surface area contributed by atoms with Crippen molar-refractivity contribution in [2.75, 3.05) is 11.4 Å². The van der Waals surface area contributed by atoms with Crippen LogP contribution in [0, 0.1) is 0 Å². The van der Waals surface area contributed by atoms with Gasteiger partial charge in [-0.05, 0) is 37.1 Å². The van der Waals surface area contributed by atoms with Crippen molar-refractivity contribution in [1.29, 1.82) is 0 Å². The molecular weight excluding hydrogens is 288 g/mol. The van der Waals surface area contributed by atoms with Gasteiger partial charge in [0.1, 0.15) is 0 Å². The largest absolute Gasteiger partial charge is 0.352 e. The van der Waals surface area contributed by atoms with E-state index in [0.29, 0.717) is 18.5 Å². The second-order valence-electron chi connectivity index (χ2n) is 5.82. The van der Waals surface area contributed by atoms with Crippen molar-refractivity contribution in [3.8, 4) is 0 Å². The molecule has 1 aliphatic heterocycles. The Balaban J connectivity index is 1.57. The van der Waals surface area contributed by atoms with Gasteiger partial charge in [0.05, 0.1) is 0 Å². The summed E-state index contributed by atoms with van der Waals surface area (Å²) in [7, 11) is 0. The highest BCUT2D eigenvalue weighted by atomic mass is 16.2. The molecule has 1 heterocycles. The number of anilines is 1. The Labute approximate surface area is 136 Å². The maximum atomic E-state index is 12.5. The third-order valence-corrected chi connectivity index (χ3v) is 4.14. The molecule has 0 saturated carbocycles. The van der Waals surface area contributed by atoms with E-state index in [9.17, 15) is 9.59 Å². The molecule has 0 spiro atoms. The lowest BCUT2D eigenvalue weighted by atomic mass is 10.1. The average molecular weight is 308 g/mol. The van der Waals surface area contributed by atoms with Crippen LogP contribution in [0.2, 0.25) is 0 Å². The third-order valence-electron chi connectivity index (χ3n) is 4.14. The molecule has 2 aromatic carbocycles. The van der Waals surface area contributed by atoms with Crippen molar-refractivity contribution in [3.05, 3.63) is 65.7 Å². The molecule has 1 aliphatic rings. The number of nitrogens with one attached hydrogen (secondary N) is 1. The molecular formula is C19H20N2O2. The summed E-state index contributed by atoms with van der Waals surface area (Å²) in [4.78, 5) is 26.3. The van der Waals surface area contributed by atoms with Gasteiger partial charge in [0.2, 0.25) is 5.91 Å². The van der Waals surface area contributed by atoms with E-state index >= 15 is 0 Å². The van der Waals surface area contributed by atoms with Gasteiger partial charge in [-0.25, -0.2) is 0 Å². The van der Waals surface area contributed by atoms with Crippen LogP contribution < -0.4 is 10.2 Å². The summed E-state index contributed by atoms with van der Waals surface area (Å²) in [5.41, 5.74) is 2.82. The van der Waals surface area contributed by atoms with Gasteiger partial charge in [-0.1, -0.05) is 36.4 Å². The van der Waals surface area contributed by atoms with Crippen LogP contribution in [0.15, 0.2) is 54.6 Å². The number of carbonyl (C=O) groups is 2. The minimum atomic E-state index is -0.145. The maximum absolute atomic E-state index is 12.5. The summed E-state index contributed by atoms with van der Waals surface area (Å²) in [5.74, 6) is -0.0934. The van der Waals surface area contributed by atoms with Gasteiger partial charge in [0.25, 0.3) is 5.91 Å². The number of para-hydroxylation sites is 1. The molecule has 0 fully saturated rings. The van der Waals surface area contributed by atoms with Crippen LogP contribution in [-0.4, -0.2) is 24.4 Å². The van der Waals surface area contributed by atoms with Crippen LogP contribution in [0.3, 0.4) is 0 Å². The fraction of sp³-hybridized carbons (Fsp3) is 0.263. The molecule has 1 atom stereocenters. The second-order valence-corrected chi connectivity index (χ2v) is 5.82. The highest BCUT2D eigenvalue weighted by molar-refractivity contribution is 5.97. The first-order chi connectivity index (χ1) is 11.2. The first-order valence-electron chi connectivity index (χ1n) is 7.90. The van der Waals surface area contributed by atoms with E-state index in [-0.39, 0.29) is 17.9 Å². The molecule has 4 heteroatoms. The predicted octanol–water partition coefficient (Wildman–Crippen LogP) is 2.78. The summed E-state index contributed by atoms with van der Waals surface area (Å²) in [6, 6.07) is 17.2. The normalized spacial score (nSPS) is 16.0. The molecule has 0 aliphatic carbocycles. The van der Waals surface area contributed by atoms with Crippen molar-refractivity contribution < 1.29 is 9.59 Å². The Bertz CT molecular complexity index is 712. The number of rotatable bonds is 4. The van der Waals surface area contributed by atoms with Gasteiger partial charge >= 0.3 is 0 Å². The van der Waals surface area contributed by atoms with Gasteiger partial charge < -0.3 is 10.2 Å². The summed E-state index contributed by atoms with van der Waals surface area (Å²) in [6.45, 7) is 2.40. The lowest BCUT2D eigenvalue weighted by molar-refractivity contribution is -0.118. The van der Waals surface area contributed by atoms with Crippen molar-refractivity contribution in [2.45, 2.75) is 25.8 Å². The quantitative estimate of drug-likeness (QED) is 0.944. The van der Waals surface area contributed by atoms with E-state index in [2.05, 4.69) is 18.3 Å². The topological polar surface area (TPSA) is 49.4 Å². The van der Waals surface area contributed by atoms with Crippen LogP contribution >= 0.6 is 0 Å². The molecule has 0 saturated heterocycles. The van der Waals surface area contributed by atoms with Gasteiger partial charge in [-0.3, -0.25) is 9.59 Å². The van der Waals surface area contributed by atoms with Crippen molar-refractivity contribution in [3.63, 3.8) is 0 Å². The Kier molecular flexibility index (Phi) is 4.42. The second kappa shape index (κ2) is 6.65. The van der Waals surface area contributed by atoms with E-state index in [4.69, 9.17) is 0 Å². The number of nitrogens with zero attached hydrogens (tertiary/aromatic N) is 1. The first kappa shape index (κ1) is 15.3. The minimum Gasteiger partial charge on any atom is -0.352 e.